The number of fused-ring (bicyclic) bond motifs is 2. The molecule has 3 aliphatic heterocycles. The van der Waals surface area contributed by atoms with Crippen molar-refractivity contribution in [1.82, 2.24) is 10.3 Å². The van der Waals surface area contributed by atoms with Gasteiger partial charge in [0.2, 0.25) is 0 Å². The Morgan fingerprint density at radius 2 is 2.00 bits per heavy atom. The highest BCUT2D eigenvalue weighted by Crippen LogP contribution is 2.29. The summed E-state index contributed by atoms with van der Waals surface area (Å²) in [6.45, 7) is 5.78. The Bertz CT molecular complexity index is 904. The molecule has 5 rings (SSSR count). The van der Waals surface area contributed by atoms with E-state index in [-0.39, 0.29) is 12.0 Å². The number of aromatic nitrogens is 1. The average molecular weight is 365 g/mol. The molecular formula is C21H23N3O3. The van der Waals surface area contributed by atoms with Crippen LogP contribution in [0, 0.1) is 6.92 Å². The molecule has 0 unspecified atom stereocenters. The number of hydrogen-bond donors (Lipinski definition) is 1. The summed E-state index contributed by atoms with van der Waals surface area (Å²) < 4.78 is 11.7. The Morgan fingerprint density at radius 1 is 1.19 bits per heavy atom. The summed E-state index contributed by atoms with van der Waals surface area (Å²) in [6.07, 6.45) is 2.14. The SMILES string of the molecule is Cc1cc2c(nc1N1CCC(Oc3ccc4c(c3)COC4)CC1)CNC2=O. The van der Waals surface area contributed by atoms with Crippen LogP contribution in [0.1, 0.15) is 45.6 Å². The van der Waals surface area contributed by atoms with Crippen molar-refractivity contribution in [1.29, 1.82) is 0 Å². The lowest BCUT2D eigenvalue weighted by atomic mass is 10.1. The van der Waals surface area contributed by atoms with Gasteiger partial charge in [0.05, 0.1) is 31.0 Å². The van der Waals surface area contributed by atoms with E-state index in [1.54, 1.807) is 0 Å². The van der Waals surface area contributed by atoms with E-state index in [0.29, 0.717) is 19.8 Å². The van der Waals surface area contributed by atoms with Crippen molar-refractivity contribution in [2.75, 3.05) is 18.0 Å². The highest BCUT2D eigenvalue weighted by Gasteiger charge is 2.26. The van der Waals surface area contributed by atoms with Gasteiger partial charge in [-0.2, -0.15) is 0 Å². The van der Waals surface area contributed by atoms with Crippen LogP contribution in [0.3, 0.4) is 0 Å². The van der Waals surface area contributed by atoms with Crippen LogP contribution in [0.5, 0.6) is 5.75 Å². The summed E-state index contributed by atoms with van der Waals surface area (Å²) >= 11 is 0. The molecule has 0 saturated carbocycles. The monoisotopic (exact) mass is 365 g/mol. The van der Waals surface area contributed by atoms with Crippen molar-refractivity contribution < 1.29 is 14.3 Å². The summed E-state index contributed by atoms with van der Waals surface area (Å²) in [4.78, 5) is 18.9. The molecule has 4 heterocycles. The summed E-state index contributed by atoms with van der Waals surface area (Å²) in [6, 6.07) is 8.25. The molecular weight excluding hydrogens is 342 g/mol. The lowest BCUT2D eigenvalue weighted by Crippen LogP contribution is -2.39. The standard InChI is InChI=1S/C21H23N3O3/c1-13-8-18-19(10-22-21(18)25)23-20(13)24-6-4-16(5-7-24)27-17-3-2-14-11-26-12-15(14)9-17/h2-3,8-9,16H,4-7,10-12H2,1H3,(H,22,25). The Morgan fingerprint density at radius 3 is 2.85 bits per heavy atom. The highest BCUT2D eigenvalue weighted by molar-refractivity contribution is 5.98. The number of nitrogens with one attached hydrogen (secondary N) is 1. The van der Waals surface area contributed by atoms with Crippen molar-refractivity contribution in [3.8, 4) is 5.75 Å². The molecule has 1 N–H and O–H groups in total. The molecule has 2 aromatic rings. The molecule has 1 amide bonds. The number of benzene rings is 1. The van der Waals surface area contributed by atoms with Crippen LogP contribution >= 0.6 is 0 Å². The lowest BCUT2D eigenvalue weighted by Gasteiger charge is -2.34. The molecule has 1 aromatic carbocycles. The first-order valence-electron chi connectivity index (χ1n) is 9.57. The van der Waals surface area contributed by atoms with Crippen LogP contribution < -0.4 is 15.0 Å². The predicted octanol–water partition coefficient (Wildman–Crippen LogP) is 2.71. The van der Waals surface area contributed by atoms with E-state index in [1.807, 2.05) is 13.0 Å². The number of carbonyl (C=O) groups is 1. The van der Waals surface area contributed by atoms with Gasteiger partial charge in [-0.25, -0.2) is 4.98 Å². The first-order valence-corrected chi connectivity index (χ1v) is 9.57. The van der Waals surface area contributed by atoms with Crippen LogP contribution in [0.4, 0.5) is 5.82 Å². The smallest absolute Gasteiger partial charge is 0.253 e. The van der Waals surface area contributed by atoms with Gasteiger partial charge in [-0.3, -0.25) is 4.79 Å². The third-order valence-corrected chi connectivity index (χ3v) is 5.66. The number of carbonyl (C=O) groups excluding carboxylic acids is 1. The summed E-state index contributed by atoms with van der Waals surface area (Å²) in [5.74, 6) is 1.92. The van der Waals surface area contributed by atoms with Gasteiger partial charge in [-0.05, 0) is 41.8 Å². The second-order valence-corrected chi connectivity index (χ2v) is 7.53. The fourth-order valence-corrected chi connectivity index (χ4v) is 4.15. The van der Waals surface area contributed by atoms with Crippen LogP contribution in [-0.4, -0.2) is 30.1 Å². The molecule has 0 aliphatic carbocycles. The maximum Gasteiger partial charge on any atom is 0.253 e. The van der Waals surface area contributed by atoms with Gasteiger partial charge in [-0.1, -0.05) is 6.07 Å². The molecule has 6 nitrogen and oxygen atoms in total. The molecule has 0 atom stereocenters. The fraction of sp³-hybridized carbons (Fsp3) is 0.429. The van der Waals surface area contributed by atoms with Crippen molar-refractivity contribution in [3.63, 3.8) is 0 Å². The van der Waals surface area contributed by atoms with E-state index in [2.05, 4.69) is 28.4 Å². The van der Waals surface area contributed by atoms with Gasteiger partial charge in [0, 0.05) is 25.9 Å². The normalized spacial score (nSPS) is 19.0. The third kappa shape index (κ3) is 3.04. The first kappa shape index (κ1) is 16.6. The lowest BCUT2D eigenvalue weighted by molar-refractivity contribution is 0.0965. The molecule has 0 spiro atoms. The molecule has 1 fully saturated rings. The van der Waals surface area contributed by atoms with Crippen molar-refractivity contribution in [2.45, 2.75) is 45.6 Å². The van der Waals surface area contributed by atoms with Crippen LogP contribution in [0.25, 0.3) is 0 Å². The van der Waals surface area contributed by atoms with E-state index in [0.717, 1.165) is 54.3 Å². The van der Waals surface area contributed by atoms with E-state index in [4.69, 9.17) is 14.5 Å². The number of ether oxygens (including phenoxy) is 2. The highest BCUT2D eigenvalue weighted by atomic mass is 16.5. The minimum Gasteiger partial charge on any atom is -0.490 e. The number of pyridine rings is 1. The number of amides is 1. The fourth-order valence-electron chi connectivity index (χ4n) is 4.15. The molecule has 1 saturated heterocycles. The largest absolute Gasteiger partial charge is 0.490 e. The topological polar surface area (TPSA) is 63.7 Å². The molecule has 3 aliphatic rings. The number of nitrogens with zero attached hydrogens (tertiary/aromatic N) is 2. The van der Waals surface area contributed by atoms with Crippen LogP contribution in [0.2, 0.25) is 0 Å². The van der Waals surface area contributed by atoms with Gasteiger partial charge in [-0.15, -0.1) is 0 Å². The molecule has 6 heteroatoms. The minimum absolute atomic E-state index is 0.0148. The number of hydrogen-bond acceptors (Lipinski definition) is 5. The second kappa shape index (κ2) is 6.53. The third-order valence-electron chi connectivity index (χ3n) is 5.66. The van der Waals surface area contributed by atoms with Gasteiger partial charge in [0.25, 0.3) is 5.91 Å². The average Bonchev–Trinajstić information content (AvgIpc) is 3.28. The van der Waals surface area contributed by atoms with Crippen molar-refractivity contribution in [3.05, 3.63) is 52.2 Å². The van der Waals surface area contributed by atoms with E-state index < -0.39 is 0 Å². The predicted molar refractivity (Wildman–Crippen MR) is 101 cm³/mol. The number of aryl methyl sites for hydroxylation is 1. The molecule has 27 heavy (non-hydrogen) atoms. The molecule has 0 radical (unpaired) electrons. The Labute approximate surface area is 158 Å². The summed E-state index contributed by atoms with van der Waals surface area (Å²) in [5, 5.41) is 2.85. The zero-order valence-corrected chi connectivity index (χ0v) is 15.5. The van der Waals surface area contributed by atoms with Gasteiger partial charge < -0.3 is 19.7 Å². The Hall–Kier alpha value is -2.60. The van der Waals surface area contributed by atoms with Gasteiger partial charge in [0.15, 0.2) is 0 Å². The number of piperidine rings is 1. The molecule has 140 valence electrons. The first-order chi connectivity index (χ1) is 13.2. The minimum atomic E-state index is -0.0148. The quantitative estimate of drug-likeness (QED) is 0.906. The zero-order chi connectivity index (χ0) is 18.4. The Balaban J connectivity index is 1.25. The van der Waals surface area contributed by atoms with E-state index in [1.165, 1.54) is 11.1 Å². The van der Waals surface area contributed by atoms with Crippen LogP contribution in [-0.2, 0) is 24.5 Å². The maximum atomic E-state index is 11.8. The zero-order valence-electron chi connectivity index (χ0n) is 15.5. The molecule has 0 bridgehead atoms. The van der Waals surface area contributed by atoms with Gasteiger partial charge >= 0.3 is 0 Å². The Kier molecular flexibility index (Phi) is 4.01. The van der Waals surface area contributed by atoms with Gasteiger partial charge in [0.1, 0.15) is 17.7 Å². The second-order valence-electron chi connectivity index (χ2n) is 7.53. The molecule has 1 aromatic heterocycles. The summed E-state index contributed by atoms with van der Waals surface area (Å²) in [5.41, 5.74) is 5.15. The van der Waals surface area contributed by atoms with Crippen LogP contribution in [0.15, 0.2) is 24.3 Å². The summed E-state index contributed by atoms with van der Waals surface area (Å²) in [7, 11) is 0. The number of rotatable bonds is 3. The van der Waals surface area contributed by atoms with E-state index in [9.17, 15) is 4.79 Å². The van der Waals surface area contributed by atoms with E-state index >= 15 is 0 Å². The van der Waals surface area contributed by atoms with Crippen molar-refractivity contribution in [2.24, 2.45) is 0 Å². The van der Waals surface area contributed by atoms with Crippen molar-refractivity contribution >= 4 is 11.7 Å². The maximum absolute atomic E-state index is 11.8. The number of anilines is 1.